The van der Waals surface area contributed by atoms with Crippen LogP contribution in [0, 0.1) is 11.8 Å². The summed E-state index contributed by atoms with van der Waals surface area (Å²) in [7, 11) is 3.98. The predicted molar refractivity (Wildman–Crippen MR) is 80.5 cm³/mol. The predicted octanol–water partition coefficient (Wildman–Crippen LogP) is 2.51. The molecule has 1 aliphatic heterocycles. The van der Waals surface area contributed by atoms with Crippen molar-refractivity contribution in [1.82, 2.24) is 10.2 Å². The Morgan fingerprint density at radius 1 is 1.11 bits per heavy atom. The Labute approximate surface area is 119 Å². The molecule has 1 unspecified atom stereocenters. The van der Waals surface area contributed by atoms with Gasteiger partial charge in [-0.25, -0.2) is 0 Å². The van der Waals surface area contributed by atoms with Gasteiger partial charge in [0.2, 0.25) is 0 Å². The molecule has 0 aromatic heterocycles. The number of nitrogens with zero attached hydrogens (tertiary/aromatic N) is 1. The lowest BCUT2D eigenvalue weighted by Gasteiger charge is -2.37. The standard InChI is InChI=1S/C16H32N2O/c1-17-16(15-6-4-3-5-7-15)12-18-10-8-14(9-11-18)13-19-2/h14-17H,3-13H2,1-2H3. The van der Waals surface area contributed by atoms with E-state index in [9.17, 15) is 0 Å². The Morgan fingerprint density at radius 2 is 1.79 bits per heavy atom. The Hall–Kier alpha value is -0.120. The molecule has 3 heteroatoms. The summed E-state index contributed by atoms with van der Waals surface area (Å²) in [6.07, 6.45) is 9.84. The first kappa shape index (κ1) is 15.3. The number of likely N-dealkylation sites (N-methyl/N-ethyl adjacent to an activating group) is 1. The van der Waals surface area contributed by atoms with Crippen LogP contribution in [-0.2, 0) is 4.74 Å². The number of hydrogen-bond acceptors (Lipinski definition) is 3. The quantitative estimate of drug-likeness (QED) is 0.801. The van der Waals surface area contributed by atoms with E-state index in [1.54, 1.807) is 0 Å². The van der Waals surface area contributed by atoms with E-state index in [1.165, 1.54) is 64.6 Å². The Balaban J connectivity index is 1.73. The molecule has 2 rings (SSSR count). The van der Waals surface area contributed by atoms with Gasteiger partial charge in [0.1, 0.15) is 0 Å². The summed E-state index contributed by atoms with van der Waals surface area (Å²) in [4.78, 5) is 2.67. The number of rotatable bonds is 6. The molecular weight excluding hydrogens is 236 g/mol. The monoisotopic (exact) mass is 268 g/mol. The van der Waals surface area contributed by atoms with Gasteiger partial charge in [-0.05, 0) is 57.7 Å². The molecule has 2 aliphatic rings. The van der Waals surface area contributed by atoms with E-state index in [0.717, 1.165) is 18.4 Å². The first-order chi connectivity index (χ1) is 9.33. The van der Waals surface area contributed by atoms with E-state index in [0.29, 0.717) is 6.04 Å². The number of methoxy groups -OCH3 is 1. The van der Waals surface area contributed by atoms with Crippen LogP contribution in [-0.4, -0.2) is 51.3 Å². The van der Waals surface area contributed by atoms with Crippen LogP contribution in [0.2, 0.25) is 0 Å². The fraction of sp³-hybridized carbons (Fsp3) is 1.00. The van der Waals surface area contributed by atoms with E-state index >= 15 is 0 Å². The molecule has 0 aromatic carbocycles. The van der Waals surface area contributed by atoms with Crippen LogP contribution >= 0.6 is 0 Å². The van der Waals surface area contributed by atoms with Crippen molar-refractivity contribution in [1.29, 1.82) is 0 Å². The molecule has 0 radical (unpaired) electrons. The van der Waals surface area contributed by atoms with Gasteiger partial charge in [-0.2, -0.15) is 0 Å². The second kappa shape index (κ2) is 8.23. The molecule has 112 valence electrons. The molecule has 0 spiro atoms. The first-order valence-corrected chi connectivity index (χ1v) is 8.22. The first-order valence-electron chi connectivity index (χ1n) is 8.22. The van der Waals surface area contributed by atoms with Crippen molar-refractivity contribution in [3.8, 4) is 0 Å². The topological polar surface area (TPSA) is 24.5 Å². The molecule has 1 N–H and O–H groups in total. The van der Waals surface area contributed by atoms with Crippen molar-refractivity contribution in [2.75, 3.05) is 40.4 Å². The zero-order valence-electron chi connectivity index (χ0n) is 12.9. The van der Waals surface area contributed by atoms with Crippen LogP contribution in [0.3, 0.4) is 0 Å². The summed E-state index contributed by atoms with van der Waals surface area (Å²) < 4.78 is 5.28. The molecule has 0 aromatic rings. The van der Waals surface area contributed by atoms with E-state index < -0.39 is 0 Å². The van der Waals surface area contributed by atoms with Crippen LogP contribution in [0.25, 0.3) is 0 Å². The van der Waals surface area contributed by atoms with Gasteiger partial charge in [0.05, 0.1) is 0 Å². The number of hydrogen-bond donors (Lipinski definition) is 1. The van der Waals surface area contributed by atoms with Crippen molar-refractivity contribution >= 4 is 0 Å². The Morgan fingerprint density at radius 3 is 2.37 bits per heavy atom. The van der Waals surface area contributed by atoms with Crippen molar-refractivity contribution in [3.05, 3.63) is 0 Å². The van der Waals surface area contributed by atoms with Gasteiger partial charge in [-0.15, -0.1) is 0 Å². The Kier molecular flexibility index (Phi) is 6.62. The zero-order chi connectivity index (χ0) is 13.5. The van der Waals surface area contributed by atoms with E-state index in [-0.39, 0.29) is 0 Å². The van der Waals surface area contributed by atoms with Crippen molar-refractivity contribution in [2.24, 2.45) is 11.8 Å². The lowest BCUT2D eigenvalue weighted by Crippen LogP contribution is -2.47. The van der Waals surface area contributed by atoms with Crippen LogP contribution in [0.5, 0.6) is 0 Å². The fourth-order valence-electron chi connectivity index (χ4n) is 3.86. The highest BCUT2D eigenvalue weighted by Gasteiger charge is 2.26. The highest BCUT2D eigenvalue weighted by molar-refractivity contribution is 4.83. The van der Waals surface area contributed by atoms with Crippen molar-refractivity contribution in [3.63, 3.8) is 0 Å². The van der Waals surface area contributed by atoms with Gasteiger partial charge in [-0.1, -0.05) is 19.3 Å². The molecular formula is C16H32N2O. The van der Waals surface area contributed by atoms with Crippen molar-refractivity contribution in [2.45, 2.75) is 51.0 Å². The molecule has 0 bridgehead atoms. The van der Waals surface area contributed by atoms with Gasteiger partial charge in [0.15, 0.2) is 0 Å². The summed E-state index contributed by atoms with van der Waals surface area (Å²) in [6.45, 7) is 4.73. The third kappa shape index (κ3) is 4.73. The van der Waals surface area contributed by atoms with Crippen LogP contribution < -0.4 is 5.32 Å². The maximum Gasteiger partial charge on any atom is 0.0491 e. The van der Waals surface area contributed by atoms with Gasteiger partial charge in [-0.3, -0.25) is 0 Å². The normalized spacial score (nSPS) is 25.6. The molecule has 19 heavy (non-hydrogen) atoms. The van der Waals surface area contributed by atoms with Gasteiger partial charge >= 0.3 is 0 Å². The number of nitrogens with one attached hydrogen (secondary N) is 1. The molecule has 1 saturated carbocycles. The number of piperidine rings is 1. The third-order valence-corrected chi connectivity index (χ3v) is 5.15. The molecule has 1 saturated heterocycles. The van der Waals surface area contributed by atoms with Gasteiger partial charge in [0.25, 0.3) is 0 Å². The summed E-state index contributed by atoms with van der Waals surface area (Å²) in [6, 6.07) is 0.708. The average Bonchev–Trinajstić information content (AvgIpc) is 2.48. The van der Waals surface area contributed by atoms with E-state index in [1.807, 2.05) is 7.11 Å². The fourth-order valence-corrected chi connectivity index (χ4v) is 3.86. The van der Waals surface area contributed by atoms with Gasteiger partial charge < -0.3 is 15.0 Å². The highest BCUT2D eigenvalue weighted by Crippen LogP contribution is 2.27. The van der Waals surface area contributed by atoms with E-state index in [2.05, 4.69) is 17.3 Å². The summed E-state index contributed by atoms with van der Waals surface area (Å²) in [5.74, 6) is 1.71. The maximum absolute atomic E-state index is 5.28. The second-order valence-electron chi connectivity index (χ2n) is 6.49. The maximum atomic E-state index is 5.28. The van der Waals surface area contributed by atoms with Gasteiger partial charge in [0, 0.05) is 26.3 Å². The van der Waals surface area contributed by atoms with Crippen LogP contribution in [0.15, 0.2) is 0 Å². The SMILES string of the molecule is CNC(CN1CCC(COC)CC1)C1CCCCC1. The lowest BCUT2D eigenvalue weighted by atomic mass is 9.83. The highest BCUT2D eigenvalue weighted by atomic mass is 16.5. The molecule has 1 aliphatic carbocycles. The van der Waals surface area contributed by atoms with E-state index in [4.69, 9.17) is 4.74 Å². The Bertz CT molecular complexity index is 233. The molecule has 0 amide bonds. The number of likely N-dealkylation sites (tertiary alicyclic amines) is 1. The number of ether oxygens (including phenoxy) is 1. The smallest absolute Gasteiger partial charge is 0.0491 e. The second-order valence-corrected chi connectivity index (χ2v) is 6.49. The zero-order valence-corrected chi connectivity index (χ0v) is 12.9. The molecule has 1 atom stereocenters. The lowest BCUT2D eigenvalue weighted by molar-refractivity contribution is 0.0892. The van der Waals surface area contributed by atoms with Crippen molar-refractivity contribution < 1.29 is 4.74 Å². The summed E-state index contributed by atoms with van der Waals surface area (Å²) >= 11 is 0. The minimum Gasteiger partial charge on any atom is -0.384 e. The largest absolute Gasteiger partial charge is 0.384 e. The average molecular weight is 268 g/mol. The van der Waals surface area contributed by atoms with Crippen LogP contribution in [0.1, 0.15) is 44.9 Å². The molecule has 2 fully saturated rings. The third-order valence-electron chi connectivity index (χ3n) is 5.15. The van der Waals surface area contributed by atoms with Crippen LogP contribution in [0.4, 0.5) is 0 Å². The molecule has 3 nitrogen and oxygen atoms in total. The summed E-state index contributed by atoms with van der Waals surface area (Å²) in [5.41, 5.74) is 0. The molecule has 1 heterocycles. The minimum atomic E-state index is 0.708. The minimum absolute atomic E-state index is 0.708. The summed E-state index contributed by atoms with van der Waals surface area (Å²) in [5, 5.41) is 3.59.